The first kappa shape index (κ1) is 12.8. The zero-order chi connectivity index (χ0) is 13.1. The lowest BCUT2D eigenvalue weighted by Crippen LogP contribution is -2.42. The second-order valence-corrected chi connectivity index (χ2v) is 4.85. The van der Waals surface area contributed by atoms with Crippen molar-refractivity contribution in [2.24, 2.45) is 0 Å². The summed E-state index contributed by atoms with van der Waals surface area (Å²) in [7, 11) is 2.11. The normalized spacial score (nSPS) is 24.8. The largest absolute Gasteiger partial charge is 0.377 e. The van der Waals surface area contributed by atoms with Crippen LogP contribution in [-0.2, 0) is 0 Å². The van der Waals surface area contributed by atoms with Gasteiger partial charge in [-0.25, -0.2) is 0 Å². The van der Waals surface area contributed by atoms with E-state index in [0.717, 1.165) is 19.4 Å². The van der Waals surface area contributed by atoms with E-state index in [4.69, 9.17) is 0 Å². The molecule has 2 rings (SSSR count). The van der Waals surface area contributed by atoms with Gasteiger partial charge < -0.3 is 10.2 Å². The molecule has 1 aromatic heterocycles. The zero-order valence-electron chi connectivity index (χ0n) is 10.7. The molecule has 6 heteroatoms. The Bertz CT molecular complexity index is 438. The molecule has 0 radical (unpaired) electrons. The maximum absolute atomic E-state index is 10.9. The van der Waals surface area contributed by atoms with Gasteiger partial charge in [-0.3, -0.25) is 15.1 Å². The SMILES string of the molecule is CC1CC(Nc2ccncc2[N+](=O)[O-])CCN1C. The lowest BCUT2D eigenvalue weighted by atomic mass is 9.98. The molecule has 0 aliphatic carbocycles. The Hall–Kier alpha value is -1.69. The van der Waals surface area contributed by atoms with Crippen LogP contribution >= 0.6 is 0 Å². The van der Waals surface area contributed by atoms with Crippen LogP contribution in [0.15, 0.2) is 18.5 Å². The lowest BCUT2D eigenvalue weighted by Gasteiger charge is -2.35. The molecule has 0 spiro atoms. The molecule has 18 heavy (non-hydrogen) atoms. The zero-order valence-corrected chi connectivity index (χ0v) is 10.7. The van der Waals surface area contributed by atoms with Crippen molar-refractivity contribution in [3.8, 4) is 0 Å². The van der Waals surface area contributed by atoms with Crippen LogP contribution in [0.5, 0.6) is 0 Å². The highest BCUT2D eigenvalue weighted by Crippen LogP contribution is 2.26. The van der Waals surface area contributed by atoms with Gasteiger partial charge in [-0.2, -0.15) is 0 Å². The summed E-state index contributed by atoms with van der Waals surface area (Å²) in [5.41, 5.74) is 0.612. The predicted octanol–water partition coefficient (Wildman–Crippen LogP) is 1.88. The third kappa shape index (κ3) is 2.76. The Kier molecular flexibility index (Phi) is 3.76. The maximum Gasteiger partial charge on any atom is 0.310 e. The number of pyridine rings is 1. The van der Waals surface area contributed by atoms with Crippen LogP contribution in [0.4, 0.5) is 11.4 Å². The van der Waals surface area contributed by atoms with E-state index in [0.29, 0.717) is 11.7 Å². The smallest absolute Gasteiger partial charge is 0.310 e. The first-order valence-electron chi connectivity index (χ1n) is 6.13. The molecule has 2 heterocycles. The third-order valence-corrected chi connectivity index (χ3v) is 3.56. The van der Waals surface area contributed by atoms with Gasteiger partial charge in [0.15, 0.2) is 0 Å². The molecule has 0 aromatic carbocycles. The minimum absolute atomic E-state index is 0.0454. The Morgan fingerprint density at radius 1 is 1.61 bits per heavy atom. The Balaban J connectivity index is 2.08. The summed E-state index contributed by atoms with van der Waals surface area (Å²) in [6, 6.07) is 2.45. The highest BCUT2D eigenvalue weighted by molar-refractivity contribution is 5.60. The van der Waals surface area contributed by atoms with Crippen molar-refractivity contribution in [3.63, 3.8) is 0 Å². The van der Waals surface area contributed by atoms with Crippen LogP contribution in [0.25, 0.3) is 0 Å². The summed E-state index contributed by atoms with van der Waals surface area (Å²) in [5, 5.41) is 14.2. The van der Waals surface area contributed by atoms with Crippen molar-refractivity contribution in [2.45, 2.75) is 31.8 Å². The number of piperidine rings is 1. The Labute approximate surface area is 106 Å². The van der Waals surface area contributed by atoms with E-state index in [-0.39, 0.29) is 11.7 Å². The monoisotopic (exact) mass is 250 g/mol. The van der Waals surface area contributed by atoms with Gasteiger partial charge in [0.2, 0.25) is 0 Å². The van der Waals surface area contributed by atoms with Crippen LogP contribution < -0.4 is 5.32 Å². The van der Waals surface area contributed by atoms with Gasteiger partial charge in [-0.15, -0.1) is 0 Å². The molecule has 1 fully saturated rings. The first-order valence-corrected chi connectivity index (χ1v) is 6.13. The maximum atomic E-state index is 10.9. The van der Waals surface area contributed by atoms with Gasteiger partial charge in [0.05, 0.1) is 4.92 Å². The number of rotatable bonds is 3. The van der Waals surface area contributed by atoms with E-state index < -0.39 is 4.92 Å². The van der Waals surface area contributed by atoms with Crippen LogP contribution in [0.2, 0.25) is 0 Å². The summed E-state index contributed by atoms with van der Waals surface area (Å²) >= 11 is 0. The van der Waals surface area contributed by atoms with Gasteiger partial charge in [0.1, 0.15) is 11.9 Å². The van der Waals surface area contributed by atoms with E-state index in [1.807, 2.05) is 0 Å². The standard InChI is InChI=1S/C12H18N4O2/c1-9-7-10(4-6-15(9)2)14-11-3-5-13-8-12(11)16(17)18/h3,5,8-10H,4,6-7H2,1-2H3,(H,13,14). The van der Waals surface area contributed by atoms with Gasteiger partial charge in [0.25, 0.3) is 0 Å². The van der Waals surface area contributed by atoms with Crippen molar-refractivity contribution in [2.75, 3.05) is 18.9 Å². The third-order valence-electron chi connectivity index (χ3n) is 3.56. The molecule has 1 aromatic rings. The van der Waals surface area contributed by atoms with E-state index in [9.17, 15) is 10.1 Å². The van der Waals surface area contributed by atoms with Crippen molar-refractivity contribution < 1.29 is 4.92 Å². The molecule has 0 bridgehead atoms. The second-order valence-electron chi connectivity index (χ2n) is 4.85. The number of nitrogens with one attached hydrogen (secondary N) is 1. The minimum Gasteiger partial charge on any atom is -0.377 e. The van der Waals surface area contributed by atoms with Gasteiger partial charge in [0, 0.05) is 24.8 Å². The van der Waals surface area contributed by atoms with E-state index in [1.165, 1.54) is 6.20 Å². The van der Waals surface area contributed by atoms with Gasteiger partial charge >= 0.3 is 5.69 Å². The molecular formula is C12H18N4O2. The second kappa shape index (κ2) is 5.30. The fourth-order valence-electron chi connectivity index (χ4n) is 2.29. The Morgan fingerprint density at radius 3 is 3.06 bits per heavy atom. The minimum atomic E-state index is -0.395. The van der Waals surface area contributed by atoms with E-state index in [2.05, 4.69) is 29.2 Å². The summed E-state index contributed by atoms with van der Waals surface area (Å²) in [6.07, 6.45) is 4.87. The lowest BCUT2D eigenvalue weighted by molar-refractivity contribution is -0.384. The van der Waals surface area contributed by atoms with Crippen LogP contribution in [0.3, 0.4) is 0 Å². The number of aromatic nitrogens is 1. The number of likely N-dealkylation sites (tertiary alicyclic amines) is 1. The number of nitro groups is 1. The van der Waals surface area contributed by atoms with Gasteiger partial charge in [-0.1, -0.05) is 0 Å². The highest BCUT2D eigenvalue weighted by atomic mass is 16.6. The molecule has 2 atom stereocenters. The summed E-state index contributed by atoms with van der Waals surface area (Å²) < 4.78 is 0. The molecule has 1 N–H and O–H groups in total. The molecule has 98 valence electrons. The average molecular weight is 250 g/mol. The van der Waals surface area contributed by atoms with Crippen molar-refractivity contribution in [1.82, 2.24) is 9.88 Å². The van der Waals surface area contributed by atoms with Gasteiger partial charge in [-0.05, 0) is 32.9 Å². The topological polar surface area (TPSA) is 71.3 Å². The average Bonchev–Trinajstić information content (AvgIpc) is 2.34. The molecule has 0 amide bonds. The number of anilines is 1. The highest BCUT2D eigenvalue weighted by Gasteiger charge is 2.24. The molecule has 1 saturated heterocycles. The fourth-order valence-corrected chi connectivity index (χ4v) is 2.29. The van der Waals surface area contributed by atoms with Crippen LogP contribution in [0.1, 0.15) is 19.8 Å². The first-order chi connectivity index (χ1) is 8.58. The number of nitrogens with zero attached hydrogens (tertiary/aromatic N) is 3. The summed E-state index contributed by atoms with van der Waals surface area (Å²) in [4.78, 5) is 16.6. The quantitative estimate of drug-likeness (QED) is 0.655. The van der Waals surface area contributed by atoms with Crippen molar-refractivity contribution in [1.29, 1.82) is 0 Å². The van der Waals surface area contributed by atoms with Crippen molar-refractivity contribution in [3.05, 3.63) is 28.6 Å². The predicted molar refractivity (Wildman–Crippen MR) is 69.6 cm³/mol. The molecule has 0 saturated carbocycles. The van der Waals surface area contributed by atoms with Crippen LogP contribution in [0, 0.1) is 10.1 Å². The number of hydrogen-bond acceptors (Lipinski definition) is 5. The molecule has 1 aliphatic heterocycles. The number of hydrogen-bond donors (Lipinski definition) is 1. The van der Waals surface area contributed by atoms with E-state index in [1.54, 1.807) is 12.3 Å². The molecule has 1 aliphatic rings. The van der Waals surface area contributed by atoms with E-state index >= 15 is 0 Å². The Morgan fingerprint density at radius 2 is 2.39 bits per heavy atom. The summed E-state index contributed by atoms with van der Waals surface area (Å²) in [5.74, 6) is 0. The fraction of sp³-hybridized carbons (Fsp3) is 0.583. The molecule has 6 nitrogen and oxygen atoms in total. The molecular weight excluding hydrogens is 232 g/mol. The van der Waals surface area contributed by atoms with Crippen molar-refractivity contribution >= 4 is 11.4 Å². The molecule has 2 unspecified atom stereocenters. The van der Waals surface area contributed by atoms with Crippen LogP contribution in [-0.4, -0.2) is 40.5 Å². The summed E-state index contributed by atoms with van der Waals surface area (Å²) in [6.45, 7) is 3.19.